The van der Waals surface area contributed by atoms with Crippen LogP contribution in [0.5, 0.6) is 0 Å². The van der Waals surface area contributed by atoms with Gasteiger partial charge >= 0.3 is 0 Å². The van der Waals surface area contributed by atoms with Gasteiger partial charge in [-0.3, -0.25) is 0 Å². The molecule has 0 fully saturated rings. The highest BCUT2D eigenvalue weighted by molar-refractivity contribution is 7.26. The zero-order valence-corrected chi connectivity index (χ0v) is 35.7. The molecule has 0 saturated carbocycles. The van der Waals surface area contributed by atoms with Crippen LogP contribution < -0.4 is 0 Å². The highest BCUT2D eigenvalue weighted by Gasteiger charge is 2.20. The molecule has 12 rings (SSSR count). The first-order valence-electron chi connectivity index (χ1n) is 21.5. The maximum absolute atomic E-state index is 5.26. The standard InChI is InChI=1S/C58H36N6S/c1-4-17-37(18-5-1)44-26-12-13-28-47(44)57-61-53(40-20-6-2-7-21-40)59-55(63-57)42-33-31-39(32-34-42)49-35-43(36-50-46-27-14-15-30-51(46)65-52(49)50)56-60-54(41-22-8-3-9-23-41)62-58(64-56)48-29-16-24-38-19-10-11-25-45(38)48/h1-36H. The number of hydrogen-bond acceptors (Lipinski definition) is 7. The molecule has 0 bridgehead atoms. The second kappa shape index (κ2) is 16.3. The summed E-state index contributed by atoms with van der Waals surface area (Å²) < 4.78 is 2.41. The van der Waals surface area contributed by atoms with Crippen molar-refractivity contribution in [2.24, 2.45) is 0 Å². The minimum absolute atomic E-state index is 0.601. The molecule has 0 radical (unpaired) electrons. The molecular weight excluding hydrogens is 813 g/mol. The number of thiophene rings is 1. The molecule has 3 aromatic heterocycles. The first-order valence-corrected chi connectivity index (χ1v) is 22.3. The Hall–Kier alpha value is -8.52. The fourth-order valence-corrected chi connectivity index (χ4v) is 9.84. The van der Waals surface area contributed by atoms with E-state index in [4.69, 9.17) is 29.9 Å². The molecular formula is C58H36N6S. The van der Waals surface area contributed by atoms with Gasteiger partial charge in [-0.25, -0.2) is 29.9 Å². The maximum Gasteiger partial charge on any atom is 0.164 e. The van der Waals surface area contributed by atoms with Crippen LogP contribution in [-0.4, -0.2) is 29.9 Å². The van der Waals surface area contributed by atoms with Gasteiger partial charge in [-0.2, -0.15) is 0 Å². The average Bonchev–Trinajstić information content (AvgIpc) is 3.77. The number of hydrogen-bond donors (Lipinski definition) is 0. The van der Waals surface area contributed by atoms with Gasteiger partial charge < -0.3 is 0 Å². The first-order chi connectivity index (χ1) is 32.2. The Morgan fingerprint density at radius 2 is 0.677 bits per heavy atom. The molecule has 6 nitrogen and oxygen atoms in total. The van der Waals surface area contributed by atoms with E-state index in [1.54, 1.807) is 11.3 Å². The van der Waals surface area contributed by atoms with E-state index in [0.717, 1.165) is 71.8 Å². The molecule has 0 atom stereocenters. The second-order valence-corrected chi connectivity index (χ2v) is 16.9. The molecule has 0 saturated heterocycles. The summed E-state index contributed by atoms with van der Waals surface area (Å²) in [5.74, 6) is 3.70. The molecule has 7 heteroatoms. The van der Waals surface area contributed by atoms with Crippen molar-refractivity contribution in [1.82, 2.24) is 29.9 Å². The van der Waals surface area contributed by atoms with Gasteiger partial charge in [-0.1, -0.05) is 200 Å². The van der Waals surface area contributed by atoms with Gasteiger partial charge in [0.25, 0.3) is 0 Å². The summed E-state index contributed by atoms with van der Waals surface area (Å²) >= 11 is 1.80. The zero-order valence-electron chi connectivity index (χ0n) is 34.9. The summed E-state index contributed by atoms with van der Waals surface area (Å²) in [5, 5.41) is 4.57. The molecule has 12 aromatic rings. The lowest BCUT2D eigenvalue weighted by Crippen LogP contribution is -2.01. The van der Waals surface area contributed by atoms with Gasteiger partial charge in [0.15, 0.2) is 34.9 Å². The smallest absolute Gasteiger partial charge is 0.164 e. The van der Waals surface area contributed by atoms with E-state index in [2.05, 4.69) is 158 Å². The Balaban J connectivity index is 1.02. The van der Waals surface area contributed by atoms with Crippen LogP contribution in [0.2, 0.25) is 0 Å². The van der Waals surface area contributed by atoms with Crippen molar-refractivity contribution < 1.29 is 0 Å². The molecule has 0 spiro atoms. The lowest BCUT2D eigenvalue weighted by molar-refractivity contribution is 1.07. The molecule has 0 N–H and O–H groups in total. The fourth-order valence-electron chi connectivity index (χ4n) is 8.62. The summed E-state index contributed by atoms with van der Waals surface area (Å²) in [6.45, 7) is 0. The van der Waals surface area contributed by atoms with Crippen LogP contribution in [0.3, 0.4) is 0 Å². The Kier molecular flexibility index (Phi) is 9.58. The van der Waals surface area contributed by atoms with Crippen LogP contribution in [0.1, 0.15) is 0 Å². The molecule has 3 heterocycles. The summed E-state index contributed by atoms with van der Waals surface area (Å²) in [6.07, 6.45) is 0. The maximum atomic E-state index is 5.26. The summed E-state index contributed by atoms with van der Waals surface area (Å²) in [7, 11) is 0. The number of benzene rings is 9. The Morgan fingerprint density at radius 1 is 0.246 bits per heavy atom. The van der Waals surface area contributed by atoms with Crippen LogP contribution in [0.25, 0.3) is 122 Å². The number of rotatable bonds is 8. The average molecular weight is 849 g/mol. The molecule has 0 aliphatic heterocycles. The molecule has 9 aromatic carbocycles. The summed E-state index contributed by atoms with van der Waals surface area (Å²) in [4.78, 5) is 30.9. The third-order valence-electron chi connectivity index (χ3n) is 11.8. The van der Waals surface area contributed by atoms with Crippen LogP contribution in [0.4, 0.5) is 0 Å². The Labute approximate surface area is 379 Å². The van der Waals surface area contributed by atoms with Crippen LogP contribution >= 0.6 is 11.3 Å². The first kappa shape index (κ1) is 38.2. The SMILES string of the molecule is c1ccc(-c2nc(-c3ccc(-c4cc(-c5nc(-c6ccccc6)nc(-c6cccc7ccccc67)n5)cc5c4sc4ccccc45)cc3)nc(-c3ccccc3-c3ccccc3)n2)cc1. The van der Waals surface area contributed by atoms with Gasteiger partial charge in [0, 0.05) is 59.1 Å². The van der Waals surface area contributed by atoms with E-state index in [1.807, 2.05) is 60.7 Å². The molecule has 0 unspecified atom stereocenters. The van der Waals surface area contributed by atoms with E-state index in [1.165, 1.54) is 14.8 Å². The largest absolute Gasteiger partial charge is 0.208 e. The monoisotopic (exact) mass is 848 g/mol. The Morgan fingerprint density at radius 3 is 1.34 bits per heavy atom. The molecule has 0 amide bonds. The minimum atomic E-state index is 0.601. The van der Waals surface area contributed by atoms with Gasteiger partial charge in [0.05, 0.1) is 0 Å². The van der Waals surface area contributed by atoms with Crippen molar-refractivity contribution in [3.63, 3.8) is 0 Å². The topological polar surface area (TPSA) is 77.3 Å². The van der Waals surface area contributed by atoms with E-state index in [9.17, 15) is 0 Å². The van der Waals surface area contributed by atoms with E-state index in [-0.39, 0.29) is 0 Å². The minimum Gasteiger partial charge on any atom is -0.208 e. The highest BCUT2D eigenvalue weighted by atomic mass is 32.1. The van der Waals surface area contributed by atoms with E-state index >= 15 is 0 Å². The zero-order chi connectivity index (χ0) is 43.1. The predicted molar refractivity (Wildman–Crippen MR) is 267 cm³/mol. The number of fused-ring (bicyclic) bond motifs is 4. The van der Waals surface area contributed by atoms with Gasteiger partial charge in [-0.05, 0) is 45.7 Å². The number of nitrogens with zero attached hydrogens (tertiary/aromatic N) is 6. The highest BCUT2D eigenvalue weighted by Crippen LogP contribution is 2.43. The number of aromatic nitrogens is 6. The van der Waals surface area contributed by atoms with E-state index in [0.29, 0.717) is 34.9 Å². The molecule has 0 aliphatic carbocycles. The summed E-state index contributed by atoms with van der Waals surface area (Å²) in [5.41, 5.74) is 9.87. The van der Waals surface area contributed by atoms with Gasteiger partial charge in [-0.15, -0.1) is 11.3 Å². The third kappa shape index (κ3) is 7.20. The Bertz CT molecular complexity index is 3700. The van der Waals surface area contributed by atoms with Crippen LogP contribution in [0, 0.1) is 0 Å². The van der Waals surface area contributed by atoms with Crippen molar-refractivity contribution in [1.29, 1.82) is 0 Å². The van der Waals surface area contributed by atoms with Gasteiger partial charge in [0.1, 0.15) is 0 Å². The molecule has 0 aliphatic rings. The molecule has 304 valence electrons. The normalized spacial score (nSPS) is 11.4. The summed E-state index contributed by atoms with van der Waals surface area (Å²) in [6, 6.07) is 75.3. The fraction of sp³-hybridized carbons (Fsp3) is 0. The predicted octanol–water partition coefficient (Wildman–Crippen LogP) is 14.9. The molecule has 65 heavy (non-hydrogen) atoms. The lowest BCUT2D eigenvalue weighted by Gasteiger charge is -2.13. The van der Waals surface area contributed by atoms with Crippen LogP contribution in [-0.2, 0) is 0 Å². The van der Waals surface area contributed by atoms with E-state index < -0.39 is 0 Å². The quantitative estimate of drug-likeness (QED) is 0.152. The van der Waals surface area contributed by atoms with Gasteiger partial charge in [0.2, 0.25) is 0 Å². The lowest BCUT2D eigenvalue weighted by atomic mass is 9.97. The van der Waals surface area contributed by atoms with Crippen LogP contribution in [0.15, 0.2) is 218 Å². The van der Waals surface area contributed by atoms with Crippen molar-refractivity contribution in [3.05, 3.63) is 218 Å². The van der Waals surface area contributed by atoms with Crippen molar-refractivity contribution in [3.8, 4) is 90.6 Å². The third-order valence-corrected chi connectivity index (χ3v) is 13.0. The van der Waals surface area contributed by atoms with Crippen molar-refractivity contribution in [2.75, 3.05) is 0 Å². The van der Waals surface area contributed by atoms with Crippen molar-refractivity contribution >= 4 is 42.3 Å². The second-order valence-electron chi connectivity index (χ2n) is 15.9. The van der Waals surface area contributed by atoms with Crippen molar-refractivity contribution in [2.45, 2.75) is 0 Å².